The topological polar surface area (TPSA) is 46.0 Å². The SMILES string of the molecule is CN1CCC(n2c(C3CCNC3)nc3cccnc32)CC1. The predicted octanol–water partition coefficient (Wildman–Crippen LogP) is 1.77. The zero-order valence-electron chi connectivity index (χ0n) is 12.6. The molecule has 1 atom stereocenters. The predicted molar refractivity (Wildman–Crippen MR) is 83.5 cm³/mol. The molecule has 2 aromatic rings. The molecule has 0 aromatic carbocycles. The molecule has 2 aliphatic heterocycles. The van der Waals surface area contributed by atoms with Crippen LogP contribution in [0.1, 0.15) is 37.0 Å². The standard InChI is InChI=1S/C16H23N5/c1-20-9-5-13(6-10-20)21-15(12-4-8-17-11-12)19-14-3-2-7-18-16(14)21/h2-3,7,12-13,17H,4-6,8-11H2,1H3. The Kier molecular flexibility index (Phi) is 3.39. The minimum Gasteiger partial charge on any atom is -0.316 e. The van der Waals surface area contributed by atoms with Gasteiger partial charge in [-0.15, -0.1) is 0 Å². The van der Waals surface area contributed by atoms with Gasteiger partial charge in [-0.25, -0.2) is 9.97 Å². The van der Waals surface area contributed by atoms with E-state index in [1.807, 2.05) is 12.3 Å². The van der Waals surface area contributed by atoms with Crippen molar-refractivity contribution in [3.8, 4) is 0 Å². The number of likely N-dealkylation sites (tertiary alicyclic amines) is 1. The Morgan fingerprint density at radius 1 is 1.24 bits per heavy atom. The number of aromatic nitrogens is 3. The van der Waals surface area contributed by atoms with E-state index >= 15 is 0 Å². The summed E-state index contributed by atoms with van der Waals surface area (Å²) in [4.78, 5) is 12.0. The van der Waals surface area contributed by atoms with Crippen LogP contribution in [0.3, 0.4) is 0 Å². The van der Waals surface area contributed by atoms with Crippen LogP contribution in [0.5, 0.6) is 0 Å². The number of hydrogen-bond acceptors (Lipinski definition) is 4. The van der Waals surface area contributed by atoms with Crippen LogP contribution < -0.4 is 5.32 Å². The van der Waals surface area contributed by atoms with Crippen molar-refractivity contribution in [1.29, 1.82) is 0 Å². The van der Waals surface area contributed by atoms with Gasteiger partial charge in [-0.05, 0) is 58.1 Å². The van der Waals surface area contributed by atoms with Crippen LogP contribution in [0, 0.1) is 0 Å². The van der Waals surface area contributed by atoms with Gasteiger partial charge >= 0.3 is 0 Å². The summed E-state index contributed by atoms with van der Waals surface area (Å²) in [5.74, 6) is 1.79. The van der Waals surface area contributed by atoms with Crippen molar-refractivity contribution in [2.24, 2.45) is 0 Å². The van der Waals surface area contributed by atoms with Crippen molar-refractivity contribution in [2.75, 3.05) is 33.2 Å². The summed E-state index contributed by atoms with van der Waals surface area (Å²) < 4.78 is 2.46. The molecule has 0 amide bonds. The lowest BCUT2D eigenvalue weighted by molar-refractivity contribution is 0.220. The minimum absolute atomic E-state index is 0.541. The Morgan fingerprint density at radius 3 is 2.86 bits per heavy atom. The first-order valence-electron chi connectivity index (χ1n) is 8.05. The molecule has 2 aromatic heterocycles. The van der Waals surface area contributed by atoms with Crippen molar-refractivity contribution in [2.45, 2.75) is 31.2 Å². The monoisotopic (exact) mass is 285 g/mol. The van der Waals surface area contributed by atoms with E-state index in [0.717, 1.165) is 24.3 Å². The Bertz CT molecular complexity index is 621. The molecule has 1 N–H and O–H groups in total. The zero-order valence-corrected chi connectivity index (χ0v) is 12.6. The molecule has 4 heterocycles. The fourth-order valence-electron chi connectivity index (χ4n) is 3.72. The van der Waals surface area contributed by atoms with Gasteiger partial charge in [0.15, 0.2) is 5.65 Å². The van der Waals surface area contributed by atoms with Gasteiger partial charge in [0, 0.05) is 24.7 Å². The van der Waals surface area contributed by atoms with Gasteiger partial charge in [-0.1, -0.05) is 0 Å². The number of nitrogens with one attached hydrogen (secondary N) is 1. The van der Waals surface area contributed by atoms with Crippen LogP contribution in [0.4, 0.5) is 0 Å². The van der Waals surface area contributed by atoms with E-state index in [4.69, 9.17) is 4.98 Å². The van der Waals surface area contributed by atoms with Crippen LogP contribution in [0.15, 0.2) is 18.3 Å². The minimum atomic E-state index is 0.541. The van der Waals surface area contributed by atoms with Crippen molar-refractivity contribution in [1.82, 2.24) is 24.8 Å². The van der Waals surface area contributed by atoms with Crippen molar-refractivity contribution < 1.29 is 0 Å². The van der Waals surface area contributed by atoms with E-state index in [1.165, 1.54) is 38.2 Å². The molecule has 21 heavy (non-hydrogen) atoms. The van der Waals surface area contributed by atoms with E-state index in [9.17, 15) is 0 Å². The van der Waals surface area contributed by atoms with Gasteiger partial charge in [-0.2, -0.15) is 0 Å². The second-order valence-corrected chi connectivity index (χ2v) is 6.41. The van der Waals surface area contributed by atoms with E-state index in [-0.39, 0.29) is 0 Å². The highest BCUT2D eigenvalue weighted by atomic mass is 15.2. The maximum atomic E-state index is 4.94. The lowest BCUT2D eigenvalue weighted by atomic mass is 10.0. The molecule has 0 radical (unpaired) electrons. The largest absolute Gasteiger partial charge is 0.316 e. The fourth-order valence-corrected chi connectivity index (χ4v) is 3.72. The summed E-state index contributed by atoms with van der Waals surface area (Å²) >= 11 is 0. The number of fused-ring (bicyclic) bond motifs is 1. The first kappa shape index (κ1) is 13.2. The normalized spacial score (nSPS) is 24.9. The number of hydrogen-bond donors (Lipinski definition) is 1. The zero-order chi connectivity index (χ0) is 14.2. The molecule has 1 unspecified atom stereocenters. The molecule has 0 spiro atoms. The summed E-state index contributed by atoms with van der Waals surface area (Å²) in [6.07, 6.45) is 5.49. The summed E-state index contributed by atoms with van der Waals surface area (Å²) in [6.45, 7) is 4.49. The summed E-state index contributed by atoms with van der Waals surface area (Å²) in [7, 11) is 2.21. The molecule has 0 aliphatic carbocycles. The fraction of sp³-hybridized carbons (Fsp3) is 0.625. The van der Waals surface area contributed by atoms with Gasteiger partial charge in [0.25, 0.3) is 0 Å². The molecule has 2 fully saturated rings. The molecule has 112 valence electrons. The Hall–Kier alpha value is -1.46. The van der Waals surface area contributed by atoms with Gasteiger partial charge < -0.3 is 14.8 Å². The molecule has 0 saturated carbocycles. The number of pyridine rings is 1. The summed E-state index contributed by atoms with van der Waals surface area (Å²) in [5.41, 5.74) is 2.13. The highest BCUT2D eigenvalue weighted by Gasteiger charge is 2.28. The van der Waals surface area contributed by atoms with Gasteiger partial charge in [-0.3, -0.25) is 0 Å². The molecule has 2 saturated heterocycles. The molecule has 5 heteroatoms. The van der Waals surface area contributed by atoms with E-state index < -0.39 is 0 Å². The van der Waals surface area contributed by atoms with E-state index in [0.29, 0.717) is 12.0 Å². The smallest absolute Gasteiger partial charge is 0.160 e. The second kappa shape index (κ2) is 5.39. The molecular formula is C16H23N5. The third-order valence-electron chi connectivity index (χ3n) is 4.95. The van der Waals surface area contributed by atoms with Crippen LogP contribution in [-0.2, 0) is 0 Å². The van der Waals surface area contributed by atoms with Crippen molar-refractivity contribution in [3.05, 3.63) is 24.2 Å². The highest BCUT2D eigenvalue weighted by molar-refractivity contribution is 5.71. The molecule has 4 rings (SSSR count). The number of rotatable bonds is 2. The van der Waals surface area contributed by atoms with Gasteiger partial charge in [0.2, 0.25) is 0 Å². The number of piperidine rings is 1. The summed E-state index contributed by atoms with van der Waals surface area (Å²) in [5, 5.41) is 3.47. The van der Waals surface area contributed by atoms with Crippen molar-refractivity contribution >= 4 is 11.2 Å². The Morgan fingerprint density at radius 2 is 2.10 bits per heavy atom. The van der Waals surface area contributed by atoms with E-state index in [2.05, 4.69) is 32.9 Å². The average Bonchev–Trinajstić information content (AvgIpc) is 3.15. The Balaban J connectivity index is 1.78. The quantitative estimate of drug-likeness (QED) is 0.913. The second-order valence-electron chi connectivity index (χ2n) is 6.41. The third kappa shape index (κ3) is 2.34. The molecule has 2 aliphatic rings. The van der Waals surface area contributed by atoms with Crippen LogP contribution in [-0.4, -0.2) is 52.7 Å². The Labute approximate surface area is 125 Å². The highest BCUT2D eigenvalue weighted by Crippen LogP contribution is 2.32. The van der Waals surface area contributed by atoms with Crippen LogP contribution >= 0.6 is 0 Å². The summed E-state index contributed by atoms with van der Waals surface area (Å²) in [6, 6.07) is 4.64. The maximum absolute atomic E-state index is 4.94. The lowest BCUT2D eigenvalue weighted by Crippen LogP contribution is -2.32. The van der Waals surface area contributed by atoms with Crippen LogP contribution in [0.2, 0.25) is 0 Å². The first-order valence-corrected chi connectivity index (χ1v) is 8.05. The average molecular weight is 285 g/mol. The van der Waals surface area contributed by atoms with E-state index in [1.54, 1.807) is 0 Å². The third-order valence-corrected chi connectivity index (χ3v) is 4.95. The maximum Gasteiger partial charge on any atom is 0.160 e. The molecular weight excluding hydrogens is 262 g/mol. The van der Waals surface area contributed by atoms with Crippen molar-refractivity contribution in [3.63, 3.8) is 0 Å². The van der Waals surface area contributed by atoms with Gasteiger partial charge in [0.05, 0.1) is 0 Å². The van der Waals surface area contributed by atoms with Crippen LogP contribution in [0.25, 0.3) is 11.2 Å². The molecule has 0 bridgehead atoms. The lowest BCUT2D eigenvalue weighted by Gasteiger charge is -2.31. The number of nitrogens with zero attached hydrogens (tertiary/aromatic N) is 4. The number of imidazole rings is 1. The van der Waals surface area contributed by atoms with Gasteiger partial charge in [0.1, 0.15) is 11.3 Å². The first-order chi connectivity index (χ1) is 10.3. The molecule has 5 nitrogen and oxygen atoms in total.